The minimum Gasteiger partial charge on any atom is -0.385 e. The zero-order valence-corrected chi connectivity index (χ0v) is 17.8. The average Bonchev–Trinajstić information content (AvgIpc) is 3.37. The summed E-state index contributed by atoms with van der Waals surface area (Å²) >= 11 is 0. The molecule has 0 amide bonds. The highest BCUT2D eigenvalue weighted by atomic mass is 19.1. The van der Waals surface area contributed by atoms with Crippen molar-refractivity contribution in [1.82, 2.24) is 24.8 Å². The first-order valence-electron chi connectivity index (χ1n) is 10.3. The molecule has 0 spiro atoms. The molecule has 160 valence electrons. The van der Waals surface area contributed by atoms with Gasteiger partial charge in [0.1, 0.15) is 5.82 Å². The van der Waals surface area contributed by atoms with Gasteiger partial charge in [-0.05, 0) is 63.5 Å². The van der Waals surface area contributed by atoms with Gasteiger partial charge in [0.05, 0.1) is 6.20 Å². The molecule has 3 aromatic rings. The Morgan fingerprint density at radius 3 is 2.57 bits per heavy atom. The number of hydrogen-bond acceptors (Lipinski definition) is 6. The van der Waals surface area contributed by atoms with Crippen molar-refractivity contribution in [2.45, 2.75) is 38.1 Å². The maximum Gasteiger partial charge on any atom is 0.257 e. The van der Waals surface area contributed by atoms with E-state index < -0.39 is 0 Å². The predicted octanol–water partition coefficient (Wildman–Crippen LogP) is 3.49. The SMILES string of the molecule is COCCC1(c2noc(-c3ccc(F)cc3)n2)CCN(Cc2cnn(C)c2C)CC1. The van der Waals surface area contributed by atoms with E-state index in [9.17, 15) is 4.39 Å². The van der Waals surface area contributed by atoms with E-state index in [2.05, 4.69) is 22.1 Å². The zero-order valence-electron chi connectivity index (χ0n) is 17.8. The molecule has 1 saturated heterocycles. The summed E-state index contributed by atoms with van der Waals surface area (Å²) in [5.41, 5.74) is 3.01. The van der Waals surface area contributed by atoms with E-state index in [0.29, 0.717) is 12.5 Å². The summed E-state index contributed by atoms with van der Waals surface area (Å²) < 4.78 is 26.1. The molecule has 4 rings (SSSR count). The lowest BCUT2D eigenvalue weighted by molar-refractivity contribution is 0.103. The monoisotopic (exact) mass is 413 g/mol. The molecule has 0 bridgehead atoms. The number of hydrogen-bond donors (Lipinski definition) is 0. The normalized spacial score (nSPS) is 16.8. The Labute approximate surface area is 175 Å². The van der Waals surface area contributed by atoms with Crippen LogP contribution in [0.5, 0.6) is 0 Å². The van der Waals surface area contributed by atoms with Crippen molar-refractivity contribution < 1.29 is 13.7 Å². The molecular weight excluding hydrogens is 385 g/mol. The number of nitrogens with zero attached hydrogens (tertiary/aromatic N) is 5. The van der Waals surface area contributed by atoms with E-state index in [-0.39, 0.29) is 11.2 Å². The number of rotatable bonds is 7. The van der Waals surface area contributed by atoms with Crippen molar-refractivity contribution in [3.05, 3.63) is 53.4 Å². The first-order valence-corrected chi connectivity index (χ1v) is 10.3. The van der Waals surface area contributed by atoms with Crippen molar-refractivity contribution >= 4 is 0 Å². The van der Waals surface area contributed by atoms with Crippen molar-refractivity contribution in [2.75, 3.05) is 26.8 Å². The van der Waals surface area contributed by atoms with Gasteiger partial charge in [-0.2, -0.15) is 10.1 Å². The summed E-state index contributed by atoms with van der Waals surface area (Å²) in [6.07, 6.45) is 4.65. The number of halogens is 1. The van der Waals surface area contributed by atoms with Gasteiger partial charge in [0.25, 0.3) is 5.89 Å². The highest BCUT2D eigenvalue weighted by Crippen LogP contribution is 2.38. The molecule has 30 heavy (non-hydrogen) atoms. The summed E-state index contributed by atoms with van der Waals surface area (Å²) in [5, 5.41) is 8.68. The molecule has 2 aromatic heterocycles. The molecule has 3 heterocycles. The van der Waals surface area contributed by atoms with Crippen LogP contribution in [0.4, 0.5) is 4.39 Å². The fourth-order valence-electron chi connectivity index (χ4n) is 4.11. The van der Waals surface area contributed by atoms with E-state index >= 15 is 0 Å². The average molecular weight is 413 g/mol. The number of likely N-dealkylation sites (tertiary alicyclic amines) is 1. The minimum atomic E-state index is -0.286. The third-order valence-corrected chi connectivity index (χ3v) is 6.32. The Hall–Kier alpha value is -2.58. The second-order valence-electron chi connectivity index (χ2n) is 8.11. The van der Waals surface area contributed by atoms with Crippen LogP contribution in [0, 0.1) is 12.7 Å². The Balaban J connectivity index is 1.50. The number of methoxy groups -OCH3 is 1. The lowest BCUT2D eigenvalue weighted by Crippen LogP contribution is -2.43. The molecule has 0 N–H and O–H groups in total. The van der Waals surface area contributed by atoms with Gasteiger partial charge in [0.2, 0.25) is 0 Å². The van der Waals surface area contributed by atoms with Gasteiger partial charge in [-0.15, -0.1) is 0 Å². The van der Waals surface area contributed by atoms with Crippen molar-refractivity contribution in [2.24, 2.45) is 7.05 Å². The highest BCUT2D eigenvalue weighted by molar-refractivity contribution is 5.52. The van der Waals surface area contributed by atoms with Crippen LogP contribution in [0.3, 0.4) is 0 Å². The lowest BCUT2D eigenvalue weighted by Gasteiger charge is -2.39. The molecule has 0 aliphatic carbocycles. The van der Waals surface area contributed by atoms with Gasteiger partial charge in [-0.25, -0.2) is 4.39 Å². The van der Waals surface area contributed by atoms with Crippen LogP contribution in [-0.4, -0.2) is 51.6 Å². The molecule has 1 aromatic carbocycles. The number of aryl methyl sites for hydroxylation is 1. The van der Waals surface area contributed by atoms with Crippen LogP contribution in [0.15, 0.2) is 35.0 Å². The van der Waals surface area contributed by atoms with Gasteiger partial charge in [0, 0.05) is 49.5 Å². The Kier molecular flexibility index (Phi) is 5.97. The van der Waals surface area contributed by atoms with Crippen molar-refractivity contribution in [3.63, 3.8) is 0 Å². The number of benzene rings is 1. The van der Waals surface area contributed by atoms with Crippen molar-refractivity contribution in [1.29, 1.82) is 0 Å². The Bertz CT molecular complexity index is 974. The van der Waals surface area contributed by atoms with Crippen LogP contribution in [0.1, 0.15) is 36.3 Å². The van der Waals surface area contributed by atoms with Gasteiger partial charge in [-0.3, -0.25) is 9.58 Å². The quantitative estimate of drug-likeness (QED) is 0.591. The largest absolute Gasteiger partial charge is 0.385 e. The molecule has 0 atom stereocenters. The van der Waals surface area contributed by atoms with Gasteiger partial charge in [0.15, 0.2) is 5.82 Å². The van der Waals surface area contributed by atoms with E-state index in [0.717, 1.165) is 50.3 Å². The lowest BCUT2D eigenvalue weighted by atomic mass is 9.75. The van der Waals surface area contributed by atoms with Crippen LogP contribution < -0.4 is 0 Å². The summed E-state index contributed by atoms with van der Waals surface area (Å²) in [7, 11) is 3.69. The first kappa shape index (κ1) is 20.7. The predicted molar refractivity (Wildman–Crippen MR) is 110 cm³/mol. The third-order valence-electron chi connectivity index (χ3n) is 6.32. The van der Waals surface area contributed by atoms with Crippen LogP contribution in [0.2, 0.25) is 0 Å². The maximum atomic E-state index is 13.2. The molecule has 1 aliphatic heterocycles. The number of aromatic nitrogens is 4. The molecule has 7 nitrogen and oxygen atoms in total. The Morgan fingerprint density at radius 2 is 1.93 bits per heavy atom. The Morgan fingerprint density at radius 1 is 1.20 bits per heavy atom. The number of ether oxygens (including phenoxy) is 1. The molecule has 0 unspecified atom stereocenters. The summed E-state index contributed by atoms with van der Waals surface area (Å²) in [6.45, 7) is 5.53. The fourth-order valence-corrected chi connectivity index (χ4v) is 4.11. The summed E-state index contributed by atoms with van der Waals surface area (Å²) in [4.78, 5) is 7.15. The minimum absolute atomic E-state index is 0.182. The highest BCUT2D eigenvalue weighted by Gasteiger charge is 2.40. The van der Waals surface area contributed by atoms with Gasteiger partial charge in [-0.1, -0.05) is 5.16 Å². The second kappa shape index (κ2) is 8.65. The topological polar surface area (TPSA) is 69.2 Å². The first-order chi connectivity index (χ1) is 14.5. The third kappa shape index (κ3) is 4.15. The fraction of sp³-hybridized carbons (Fsp3) is 0.500. The molecule has 8 heteroatoms. The van der Waals surface area contributed by atoms with Gasteiger partial charge < -0.3 is 9.26 Å². The second-order valence-corrected chi connectivity index (χ2v) is 8.11. The molecular formula is C22H28FN5O2. The zero-order chi connectivity index (χ0) is 21.1. The number of piperidine rings is 1. The van der Waals surface area contributed by atoms with E-state index in [4.69, 9.17) is 14.2 Å². The van der Waals surface area contributed by atoms with E-state index in [1.165, 1.54) is 23.4 Å². The van der Waals surface area contributed by atoms with Crippen LogP contribution in [0.25, 0.3) is 11.5 Å². The standard InChI is InChI=1S/C22H28FN5O2/c1-16-18(14-24-27(16)2)15-28-11-8-22(9-12-28,10-13-29-3)21-25-20(30-26-21)17-4-6-19(23)7-5-17/h4-7,14H,8-13,15H2,1-3H3. The van der Waals surface area contributed by atoms with Crippen LogP contribution >= 0.6 is 0 Å². The smallest absolute Gasteiger partial charge is 0.257 e. The maximum absolute atomic E-state index is 13.2. The van der Waals surface area contributed by atoms with Crippen LogP contribution in [-0.2, 0) is 23.7 Å². The molecule has 1 fully saturated rings. The van der Waals surface area contributed by atoms with E-state index in [1.807, 2.05) is 17.9 Å². The van der Waals surface area contributed by atoms with E-state index in [1.54, 1.807) is 19.2 Å². The molecule has 0 radical (unpaired) electrons. The van der Waals surface area contributed by atoms with Gasteiger partial charge >= 0.3 is 0 Å². The molecule has 1 aliphatic rings. The summed E-state index contributed by atoms with van der Waals surface area (Å²) in [6, 6.07) is 6.12. The molecule has 0 saturated carbocycles. The summed E-state index contributed by atoms with van der Waals surface area (Å²) in [5.74, 6) is 0.859. The van der Waals surface area contributed by atoms with Crippen molar-refractivity contribution in [3.8, 4) is 11.5 Å².